The fourth-order valence-corrected chi connectivity index (χ4v) is 5.42. The third-order valence-electron chi connectivity index (χ3n) is 5.59. The first-order valence-corrected chi connectivity index (χ1v) is 12.2. The highest BCUT2D eigenvalue weighted by atomic mass is 32.1. The normalized spacial score (nSPS) is 15.4. The zero-order valence-electron chi connectivity index (χ0n) is 18.5. The van der Waals surface area contributed by atoms with Crippen molar-refractivity contribution in [2.24, 2.45) is 5.10 Å². The van der Waals surface area contributed by atoms with Crippen LogP contribution in [0.25, 0.3) is 11.3 Å². The standard InChI is InChI=1S/C25H23N3O3S2/c1-29-17-8-6-16(7-9-17)22-14-20(24-5-4-12-32-24)27-28(22)25-26-21(15-33-25)19-13-18(30-2)10-11-23(19)31-3/h4-13,15,22H,14H2,1-3H3. The van der Waals surface area contributed by atoms with Gasteiger partial charge in [0.1, 0.15) is 17.2 Å². The van der Waals surface area contributed by atoms with Gasteiger partial charge in [-0.15, -0.1) is 22.7 Å². The number of benzene rings is 2. The molecule has 33 heavy (non-hydrogen) atoms. The Balaban J connectivity index is 1.53. The summed E-state index contributed by atoms with van der Waals surface area (Å²) < 4.78 is 16.3. The lowest BCUT2D eigenvalue weighted by Gasteiger charge is -2.21. The molecule has 5 rings (SSSR count). The maximum atomic E-state index is 5.57. The summed E-state index contributed by atoms with van der Waals surface area (Å²) in [6.45, 7) is 0. The molecule has 6 nitrogen and oxygen atoms in total. The Morgan fingerprint density at radius 1 is 0.909 bits per heavy atom. The van der Waals surface area contributed by atoms with Crippen LogP contribution < -0.4 is 19.2 Å². The summed E-state index contributed by atoms with van der Waals surface area (Å²) in [6.07, 6.45) is 0.810. The van der Waals surface area contributed by atoms with Crippen LogP contribution in [0.15, 0.2) is 70.5 Å². The molecule has 3 heterocycles. The predicted molar refractivity (Wildman–Crippen MR) is 134 cm³/mol. The van der Waals surface area contributed by atoms with E-state index in [9.17, 15) is 0 Å². The van der Waals surface area contributed by atoms with Crippen molar-refractivity contribution in [1.29, 1.82) is 0 Å². The van der Waals surface area contributed by atoms with Crippen molar-refractivity contribution in [3.8, 4) is 28.5 Å². The molecule has 2 aromatic carbocycles. The van der Waals surface area contributed by atoms with Gasteiger partial charge in [0.05, 0.1) is 43.7 Å². The molecule has 0 radical (unpaired) electrons. The second-order valence-corrected chi connectivity index (χ2v) is 9.23. The van der Waals surface area contributed by atoms with Gasteiger partial charge in [0.25, 0.3) is 0 Å². The number of anilines is 1. The average Bonchev–Trinajstić information content (AvgIpc) is 3.63. The van der Waals surface area contributed by atoms with Crippen LogP contribution in [0.5, 0.6) is 17.2 Å². The van der Waals surface area contributed by atoms with E-state index in [1.807, 2.05) is 40.7 Å². The topological polar surface area (TPSA) is 56.2 Å². The van der Waals surface area contributed by atoms with Crippen LogP contribution in [-0.2, 0) is 0 Å². The van der Waals surface area contributed by atoms with Crippen molar-refractivity contribution in [3.05, 3.63) is 75.8 Å². The molecule has 8 heteroatoms. The lowest BCUT2D eigenvalue weighted by molar-refractivity contribution is 0.404. The van der Waals surface area contributed by atoms with Gasteiger partial charge in [0.2, 0.25) is 5.13 Å². The van der Waals surface area contributed by atoms with Gasteiger partial charge in [-0.2, -0.15) is 5.10 Å². The summed E-state index contributed by atoms with van der Waals surface area (Å²) in [5.74, 6) is 2.35. The number of nitrogens with zero attached hydrogens (tertiary/aromatic N) is 3. The van der Waals surface area contributed by atoms with Gasteiger partial charge in [-0.05, 0) is 47.3 Å². The van der Waals surface area contributed by atoms with Gasteiger partial charge in [-0.1, -0.05) is 18.2 Å². The van der Waals surface area contributed by atoms with Crippen molar-refractivity contribution in [2.45, 2.75) is 12.5 Å². The monoisotopic (exact) mass is 477 g/mol. The van der Waals surface area contributed by atoms with Crippen molar-refractivity contribution >= 4 is 33.5 Å². The zero-order chi connectivity index (χ0) is 22.8. The number of thiophene rings is 1. The van der Waals surface area contributed by atoms with Crippen molar-refractivity contribution < 1.29 is 14.2 Å². The summed E-state index contributed by atoms with van der Waals surface area (Å²) in [4.78, 5) is 6.13. The number of rotatable bonds is 7. The highest BCUT2D eigenvalue weighted by Gasteiger charge is 2.32. The number of thiazole rings is 1. The smallest absolute Gasteiger partial charge is 0.207 e. The Kier molecular flexibility index (Phi) is 6.02. The van der Waals surface area contributed by atoms with E-state index in [1.54, 1.807) is 44.0 Å². The van der Waals surface area contributed by atoms with E-state index in [4.69, 9.17) is 24.3 Å². The maximum absolute atomic E-state index is 5.57. The van der Waals surface area contributed by atoms with Gasteiger partial charge in [-0.3, -0.25) is 0 Å². The van der Waals surface area contributed by atoms with Gasteiger partial charge in [0.15, 0.2) is 0 Å². The molecule has 2 aromatic heterocycles. The third kappa shape index (κ3) is 4.19. The summed E-state index contributed by atoms with van der Waals surface area (Å²) in [6, 6.07) is 18.1. The summed E-state index contributed by atoms with van der Waals surface area (Å²) in [5.41, 5.74) is 3.96. The quantitative estimate of drug-likeness (QED) is 0.315. The first-order valence-electron chi connectivity index (χ1n) is 10.4. The SMILES string of the molecule is COc1ccc(C2CC(c3cccs3)=NN2c2nc(-c3cc(OC)ccc3OC)cs2)cc1. The fourth-order valence-electron chi connectivity index (χ4n) is 3.87. The van der Waals surface area contributed by atoms with Gasteiger partial charge >= 0.3 is 0 Å². The van der Waals surface area contributed by atoms with Crippen LogP contribution in [0.2, 0.25) is 0 Å². The average molecular weight is 478 g/mol. The van der Waals surface area contributed by atoms with Crippen molar-refractivity contribution in [3.63, 3.8) is 0 Å². The minimum Gasteiger partial charge on any atom is -0.497 e. The molecule has 1 aliphatic heterocycles. The van der Waals surface area contributed by atoms with E-state index in [0.717, 1.165) is 45.8 Å². The fraction of sp³-hybridized carbons (Fsp3) is 0.200. The van der Waals surface area contributed by atoms with Gasteiger partial charge < -0.3 is 14.2 Å². The van der Waals surface area contributed by atoms with Crippen LogP contribution in [-0.4, -0.2) is 32.0 Å². The van der Waals surface area contributed by atoms with Crippen LogP contribution in [0.3, 0.4) is 0 Å². The Hall–Kier alpha value is -3.36. The minimum atomic E-state index is 0.0548. The number of ether oxygens (including phenoxy) is 3. The molecule has 0 bridgehead atoms. The van der Waals surface area contributed by atoms with E-state index >= 15 is 0 Å². The highest BCUT2D eigenvalue weighted by molar-refractivity contribution is 7.14. The van der Waals surface area contributed by atoms with Gasteiger partial charge in [0, 0.05) is 17.4 Å². The number of hydrogen-bond donors (Lipinski definition) is 0. The summed E-state index contributed by atoms with van der Waals surface area (Å²) >= 11 is 3.28. The van der Waals surface area contributed by atoms with E-state index in [-0.39, 0.29) is 6.04 Å². The highest BCUT2D eigenvalue weighted by Crippen LogP contribution is 2.42. The van der Waals surface area contributed by atoms with E-state index in [2.05, 4.69) is 29.6 Å². The molecule has 0 N–H and O–H groups in total. The van der Waals surface area contributed by atoms with E-state index in [0.29, 0.717) is 0 Å². The van der Waals surface area contributed by atoms with Crippen LogP contribution in [0.1, 0.15) is 22.9 Å². The third-order valence-corrected chi connectivity index (χ3v) is 7.34. The summed E-state index contributed by atoms with van der Waals surface area (Å²) in [7, 11) is 5.00. The molecule has 0 amide bonds. The predicted octanol–water partition coefficient (Wildman–Crippen LogP) is 6.25. The molecule has 0 spiro atoms. The van der Waals surface area contributed by atoms with Crippen molar-refractivity contribution in [2.75, 3.05) is 26.3 Å². The van der Waals surface area contributed by atoms with Crippen molar-refractivity contribution in [1.82, 2.24) is 4.98 Å². The van der Waals surface area contributed by atoms with Gasteiger partial charge in [-0.25, -0.2) is 9.99 Å². The molecular weight excluding hydrogens is 454 g/mol. The molecule has 168 valence electrons. The van der Waals surface area contributed by atoms with E-state index in [1.165, 1.54) is 10.4 Å². The Bertz CT molecular complexity index is 1270. The molecule has 0 saturated heterocycles. The first kappa shape index (κ1) is 21.5. The molecule has 4 aromatic rings. The lowest BCUT2D eigenvalue weighted by Crippen LogP contribution is -2.18. The number of hydrogen-bond acceptors (Lipinski definition) is 8. The molecule has 0 saturated carbocycles. The summed E-state index contributed by atoms with van der Waals surface area (Å²) in [5, 5.41) is 12.0. The molecule has 1 unspecified atom stereocenters. The van der Waals surface area contributed by atoms with Crippen LogP contribution in [0.4, 0.5) is 5.13 Å². The number of methoxy groups -OCH3 is 3. The molecule has 1 atom stereocenters. The molecular formula is C25H23N3O3S2. The second-order valence-electron chi connectivity index (χ2n) is 7.44. The Labute approximate surface area is 200 Å². The largest absolute Gasteiger partial charge is 0.497 e. The molecule has 1 aliphatic rings. The molecule has 0 fully saturated rings. The minimum absolute atomic E-state index is 0.0548. The second kappa shape index (κ2) is 9.25. The zero-order valence-corrected chi connectivity index (χ0v) is 20.2. The van der Waals surface area contributed by atoms with Crippen LogP contribution >= 0.6 is 22.7 Å². The Morgan fingerprint density at radius 2 is 1.70 bits per heavy atom. The lowest BCUT2D eigenvalue weighted by atomic mass is 10.0. The first-order chi connectivity index (χ1) is 16.2. The Morgan fingerprint density at radius 3 is 2.39 bits per heavy atom. The number of hydrazone groups is 1. The van der Waals surface area contributed by atoms with E-state index < -0.39 is 0 Å². The van der Waals surface area contributed by atoms with Crippen LogP contribution in [0, 0.1) is 0 Å². The molecule has 0 aliphatic carbocycles. The maximum Gasteiger partial charge on any atom is 0.207 e. The number of aromatic nitrogens is 1.